The van der Waals surface area contributed by atoms with Gasteiger partial charge >= 0.3 is 5.97 Å². The number of benzene rings is 1. The third-order valence-electron chi connectivity index (χ3n) is 4.87. The highest BCUT2D eigenvalue weighted by Crippen LogP contribution is 2.21. The van der Waals surface area contributed by atoms with Gasteiger partial charge in [-0.15, -0.1) is 0 Å². The molecule has 29 heavy (non-hydrogen) atoms. The Kier molecular flexibility index (Phi) is 12.4. The highest BCUT2D eigenvalue weighted by atomic mass is 16.5. The van der Waals surface area contributed by atoms with E-state index in [1.165, 1.54) is 7.11 Å². The molecule has 0 atom stereocenters. The summed E-state index contributed by atoms with van der Waals surface area (Å²) in [5.41, 5.74) is 1.52. The maximum Gasteiger partial charge on any atom is 0.303 e. The largest absolute Gasteiger partial charge is 0.496 e. The molecule has 0 aromatic heterocycles. The number of ether oxygens (including phenoxy) is 1. The minimum atomic E-state index is -0.716. The number of methoxy groups -OCH3 is 1. The smallest absolute Gasteiger partial charge is 0.303 e. The molecule has 0 radical (unpaired) electrons. The lowest BCUT2D eigenvalue weighted by molar-refractivity contribution is -0.137. The number of carboxylic acids is 1. The molecule has 0 aliphatic heterocycles. The third-order valence-corrected chi connectivity index (χ3v) is 4.87. The van der Waals surface area contributed by atoms with Crippen molar-refractivity contribution in [3.05, 3.63) is 29.3 Å². The Balaban J connectivity index is 2.07. The first kappa shape index (κ1) is 24.7. The quantitative estimate of drug-likeness (QED) is 0.308. The summed E-state index contributed by atoms with van der Waals surface area (Å²) in [4.78, 5) is 34.7. The molecule has 0 aliphatic carbocycles. The van der Waals surface area contributed by atoms with Gasteiger partial charge in [-0.2, -0.15) is 0 Å². The van der Waals surface area contributed by atoms with E-state index < -0.39 is 5.97 Å². The molecule has 1 rings (SSSR count). The summed E-state index contributed by atoms with van der Waals surface area (Å²) in [5, 5.41) is 11.4. The minimum absolute atomic E-state index is 0.0796. The molecule has 0 heterocycles. The van der Waals surface area contributed by atoms with Crippen molar-refractivity contribution < 1.29 is 24.2 Å². The molecule has 1 aromatic rings. The molecule has 0 saturated heterocycles. The van der Waals surface area contributed by atoms with Crippen LogP contribution in [0.25, 0.3) is 0 Å². The molecule has 0 spiro atoms. The zero-order valence-corrected chi connectivity index (χ0v) is 17.8. The molecule has 0 unspecified atom stereocenters. The first-order chi connectivity index (χ1) is 13.9. The molecule has 6 nitrogen and oxygen atoms in total. The highest BCUT2D eigenvalue weighted by molar-refractivity contribution is 6.00. The van der Waals surface area contributed by atoms with Gasteiger partial charge in [0.1, 0.15) is 5.75 Å². The van der Waals surface area contributed by atoms with Gasteiger partial charge in [-0.1, -0.05) is 50.2 Å². The number of carbonyl (C=O) groups is 3. The molecule has 162 valence electrons. The van der Waals surface area contributed by atoms with Crippen LogP contribution in [0, 0.1) is 6.92 Å². The van der Waals surface area contributed by atoms with Gasteiger partial charge in [0.25, 0.3) is 0 Å². The molecule has 0 saturated carbocycles. The van der Waals surface area contributed by atoms with Crippen molar-refractivity contribution in [2.24, 2.45) is 0 Å². The third kappa shape index (κ3) is 11.3. The SMILES string of the molecule is COc1ccc(C)cc1C(=O)CCC(=O)NCCCCCCCCCCC(=O)O. The predicted octanol–water partition coefficient (Wildman–Crippen LogP) is 4.68. The number of aryl methyl sites for hydroxylation is 1. The number of Topliss-reactive ketones (excluding diaryl/α,β-unsaturated/α-hetero) is 1. The maximum atomic E-state index is 12.4. The number of hydrogen-bond donors (Lipinski definition) is 2. The number of hydrogen-bond acceptors (Lipinski definition) is 4. The average molecular weight is 406 g/mol. The van der Waals surface area contributed by atoms with Gasteiger partial charge in [-0.25, -0.2) is 0 Å². The van der Waals surface area contributed by atoms with Gasteiger partial charge in [0, 0.05) is 25.8 Å². The van der Waals surface area contributed by atoms with Crippen LogP contribution in [0.5, 0.6) is 5.75 Å². The number of rotatable bonds is 16. The molecule has 1 amide bonds. The van der Waals surface area contributed by atoms with Gasteiger partial charge < -0.3 is 15.2 Å². The fraction of sp³-hybridized carbons (Fsp3) is 0.609. The molecule has 2 N–H and O–H groups in total. The fourth-order valence-electron chi connectivity index (χ4n) is 3.18. The van der Waals surface area contributed by atoms with Crippen LogP contribution in [0.3, 0.4) is 0 Å². The summed E-state index contributed by atoms with van der Waals surface area (Å²) in [6, 6.07) is 5.46. The molecular formula is C23H35NO5. The van der Waals surface area contributed by atoms with Crippen LogP contribution in [0.1, 0.15) is 86.6 Å². The first-order valence-corrected chi connectivity index (χ1v) is 10.6. The van der Waals surface area contributed by atoms with Crippen LogP contribution < -0.4 is 10.1 Å². The van der Waals surface area contributed by atoms with Gasteiger partial charge in [-0.3, -0.25) is 14.4 Å². The standard InChI is InChI=1S/C23H35NO5/c1-18-12-14-21(29-2)19(17-18)20(25)13-15-22(26)24-16-10-8-6-4-3-5-7-9-11-23(27)28/h12,14,17H,3-11,13,15-16H2,1-2H3,(H,24,26)(H,27,28). The van der Waals surface area contributed by atoms with Crippen molar-refractivity contribution in [1.29, 1.82) is 0 Å². The molecule has 6 heteroatoms. The summed E-state index contributed by atoms with van der Waals surface area (Å²) in [5.74, 6) is -0.346. The van der Waals surface area contributed by atoms with Crippen LogP contribution in [0.2, 0.25) is 0 Å². The number of amides is 1. The normalized spacial score (nSPS) is 10.6. The first-order valence-electron chi connectivity index (χ1n) is 10.6. The molecule has 0 bridgehead atoms. The lowest BCUT2D eigenvalue weighted by Gasteiger charge is -2.09. The Morgan fingerprint density at radius 1 is 0.897 bits per heavy atom. The lowest BCUT2D eigenvalue weighted by atomic mass is 10.0. The summed E-state index contributed by atoms with van der Waals surface area (Å²) >= 11 is 0. The Bertz CT molecular complexity index is 657. The van der Waals surface area contributed by atoms with Crippen LogP contribution >= 0.6 is 0 Å². The second-order valence-electron chi connectivity index (χ2n) is 7.45. The van der Waals surface area contributed by atoms with Crippen LogP contribution in [0.15, 0.2) is 18.2 Å². The number of carboxylic acid groups (broad SMARTS) is 1. The molecule has 1 aromatic carbocycles. The van der Waals surface area contributed by atoms with Gasteiger partial charge in [0.2, 0.25) is 5.91 Å². The van der Waals surface area contributed by atoms with Crippen LogP contribution in [-0.2, 0) is 9.59 Å². The summed E-state index contributed by atoms with van der Waals surface area (Å²) < 4.78 is 5.23. The summed E-state index contributed by atoms with van der Waals surface area (Å²) in [6.07, 6.45) is 8.87. The topological polar surface area (TPSA) is 92.7 Å². The van der Waals surface area contributed by atoms with Crippen molar-refractivity contribution in [3.63, 3.8) is 0 Å². The number of carbonyl (C=O) groups excluding carboxylic acids is 2. The minimum Gasteiger partial charge on any atom is -0.496 e. The van der Waals surface area contributed by atoms with Gasteiger partial charge in [0.05, 0.1) is 12.7 Å². The second kappa shape index (κ2) is 14.6. The van der Waals surface area contributed by atoms with Crippen molar-refractivity contribution in [2.45, 2.75) is 77.6 Å². The fourth-order valence-corrected chi connectivity index (χ4v) is 3.18. The molecule has 0 aliphatic rings. The Morgan fingerprint density at radius 3 is 2.14 bits per heavy atom. The molecular weight excluding hydrogens is 370 g/mol. The van der Waals surface area contributed by atoms with E-state index >= 15 is 0 Å². The Labute approximate surface area is 174 Å². The number of unbranched alkanes of at least 4 members (excludes halogenated alkanes) is 7. The van der Waals surface area contributed by atoms with E-state index in [0.29, 0.717) is 17.9 Å². The van der Waals surface area contributed by atoms with Crippen LogP contribution in [-0.4, -0.2) is 36.4 Å². The summed E-state index contributed by atoms with van der Waals surface area (Å²) in [7, 11) is 1.54. The molecule has 0 fully saturated rings. The summed E-state index contributed by atoms with van der Waals surface area (Å²) in [6.45, 7) is 2.56. The van der Waals surface area contributed by atoms with Gasteiger partial charge in [-0.05, 0) is 31.9 Å². The number of nitrogens with one attached hydrogen (secondary N) is 1. The van der Waals surface area contributed by atoms with E-state index in [4.69, 9.17) is 9.84 Å². The predicted molar refractivity (Wildman–Crippen MR) is 113 cm³/mol. The second-order valence-corrected chi connectivity index (χ2v) is 7.45. The number of ketones is 1. The highest BCUT2D eigenvalue weighted by Gasteiger charge is 2.14. The Hall–Kier alpha value is -2.37. The lowest BCUT2D eigenvalue weighted by Crippen LogP contribution is -2.24. The van der Waals surface area contributed by atoms with Crippen molar-refractivity contribution >= 4 is 17.7 Å². The van der Waals surface area contributed by atoms with Crippen molar-refractivity contribution in [1.82, 2.24) is 5.32 Å². The van der Waals surface area contributed by atoms with E-state index in [1.54, 1.807) is 12.1 Å². The zero-order chi connectivity index (χ0) is 21.5. The van der Waals surface area contributed by atoms with Crippen LogP contribution in [0.4, 0.5) is 0 Å². The van der Waals surface area contributed by atoms with E-state index in [-0.39, 0.29) is 31.0 Å². The maximum absolute atomic E-state index is 12.4. The van der Waals surface area contributed by atoms with Crippen molar-refractivity contribution in [3.8, 4) is 5.75 Å². The van der Waals surface area contributed by atoms with E-state index in [9.17, 15) is 14.4 Å². The Morgan fingerprint density at radius 2 is 1.52 bits per heavy atom. The average Bonchev–Trinajstić information content (AvgIpc) is 2.69. The zero-order valence-electron chi connectivity index (χ0n) is 17.8. The van der Waals surface area contributed by atoms with E-state index in [1.807, 2.05) is 13.0 Å². The number of aliphatic carboxylic acids is 1. The van der Waals surface area contributed by atoms with Crippen molar-refractivity contribution in [2.75, 3.05) is 13.7 Å². The van der Waals surface area contributed by atoms with E-state index in [2.05, 4.69) is 5.32 Å². The van der Waals surface area contributed by atoms with Gasteiger partial charge in [0.15, 0.2) is 5.78 Å². The van der Waals surface area contributed by atoms with E-state index in [0.717, 1.165) is 56.9 Å². The monoisotopic (exact) mass is 405 g/mol.